The number of rotatable bonds is 3. The van der Waals surface area contributed by atoms with Crippen molar-refractivity contribution in [3.8, 4) is 6.07 Å². The summed E-state index contributed by atoms with van der Waals surface area (Å²) in [5.74, 6) is 0. The van der Waals surface area contributed by atoms with Gasteiger partial charge in [-0.1, -0.05) is 0 Å². The lowest BCUT2D eigenvalue weighted by Gasteiger charge is -2.04. The van der Waals surface area contributed by atoms with Crippen LogP contribution < -0.4 is 10.6 Å². The smallest absolute Gasteiger partial charge is 0.318 e. The molecule has 1 aromatic rings. The Kier molecular flexibility index (Phi) is 4.26. The number of urea groups is 1. The first-order valence-corrected chi connectivity index (χ1v) is 4.35. The molecule has 0 saturated heterocycles. The summed E-state index contributed by atoms with van der Waals surface area (Å²) in [4.78, 5) is 24.0. The lowest BCUT2D eigenvalue weighted by atomic mass is 10.2. The summed E-state index contributed by atoms with van der Waals surface area (Å²) in [6.07, 6.45) is 1.30. The minimum Gasteiger partial charge on any atom is -0.318 e. The SMILES string of the molecule is N#Cc1ccc(NC(=O)NCN=C=O)cc1. The Morgan fingerprint density at radius 1 is 1.38 bits per heavy atom. The van der Waals surface area contributed by atoms with Crippen LogP contribution in [0.25, 0.3) is 0 Å². The van der Waals surface area contributed by atoms with Gasteiger partial charge in [0.05, 0.1) is 11.6 Å². The van der Waals surface area contributed by atoms with Gasteiger partial charge in [0, 0.05) is 5.69 Å². The lowest BCUT2D eigenvalue weighted by Crippen LogP contribution is -2.28. The van der Waals surface area contributed by atoms with Crippen LogP contribution in [0.5, 0.6) is 0 Å². The quantitative estimate of drug-likeness (QED) is 0.582. The highest BCUT2D eigenvalue weighted by Crippen LogP contribution is 2.08. The van der Waals surface area contributed by atoms with Gasteiger partial charge in [-0.2, -0.15) is 10.3 Å². The van der Waals surface area contributed by atoms with Crippen molar-refractivity contribution in [2.24, 2.45) is 4.99 Å². The Bertz CT molecular complexity index is 455. The lowest BCUT2D eigenvalue weighted by molar-refractivity contribution is 0.252. The molecule has 0 aromatic heterocycles. The molecule has 0 atom stereocenters. The number of aliphatic imine (C=N–C) groups is 1. The third-order valence-corrected chi connectivity index (χ3v) is 1.66. The van der Waals surface area contributed by atoms with E-state index in [2.05, 4.69) is 15.6 Å². The van der Waals surface area contributed by atoms with Gasteiger partial charge in [-0.25, -0.2) is 9.59 Å². The molecule has 0 unspecified atom stereocenters. The molecular formula is C10H8N4O2. The topological polar surface area (TPSA) is 94.3 Å². The number of nitrogens with zero attached hydrogens (tertiary/aromatic N) is 2. The van der Waals surface area contributed by atoms with Gasteiger partial charge in [-0.3, -0.25) is 0 Å². The zero-order valence-electron chi connectivity index (χ0n) is 8.23. The molecule has 0 spiro atoms. The summed E-state index contributed by atoms with van der Waals surface area (Å²) < 4.78 is 0. The number of hydrogen-bond acceptors (Lipinski definition) is 4. The van der Waals surface area contributed by atoms with Crippen LogP contribution in [0.15, 0.2) is 29.3 Å². The molecule has 1 rings (SSSR count). The van der Waals surface area contributed by atoms with E-state index in [1.807, 2.05) is 6.07 Å². The van der Waals surface area contributed by atoms with Crippen molar-refractivity contribution in [1.82, 2.24) is 5.32 Å². The van der Waals surface area contributed by atoms with E-state index in [-0.39, 0.29) is 6.67 Å². The first-order chi connectivity index (χ1) is 7.76. The van der Waals surface area contributed by atoms with E-state index in [9.17, 15) is 9.59 Å². The fourth-order valence-corrected chi connectivity index (χ4v) is 0.947. The van der Waals surface area contributed by atoms with E-state index >= 15 is 0 Å². The van der Waals surface area contributed by atoms with Crippen LogP contribution >= 0.6 is 0 Å². The van der Waals surface area contributed by atoms with E-state index in [0.29, 0.717) is 11.3 Å². The Labute approximate surface area is 91.6 Å². The second-order valence-corrected chi connectivity index (χ2v) is 2.73. The third kappa shape index (κ3) is 3.62. The fourth-order valence-electron chi connectivity index (χ4n) is 0.947. The fraction of sp³-hybridized carbons (Fsp3) is 0.100. The van der Waals surface area contributed by atoms with Crippen molar-refractivity contribution in [2.45, 2.75) is 0 Å². The number of isocyanates is 1. The van der Waals surface area contributed by atoms with E-state index in [1.165, 1.54) is 6.08 Å². The van der Waals surface area contributed by atoms with Crippen LogP contribution in [-0.4, -0.2) is 18.8 Å². The standard InChI is InChI=1S/C10H8N4O2/c11-5-8-1-3-9(4-2-8)14-10(16)13-6-12-7-15/h1-4H,6H2,(H2,13,14,16). The van der Waals surface area contributed by atoms with Crippen LogP contribution in [0.1, 0.15) is 5.56 Å². The summed E-state index contributed by atoms with van der Waals surface area (Å²) in [7, 11) is 0. The average molecular weight is 216 g/mol. The van der Waals surface area contributed by atoms with Gasteiger partial charge in [0.15, 0.2) is 0 Å². The predicted molar refractivity (Wildman–Crippen MR) is 56.3 cm³/mol. The minimum atomic E-state index is -0.483. The van der Waals surface area contributed by atoms with Crippen LogP contribution in [0, 0.1) is 11.3 Å². The molecule has 0 saturated carbocycles. The number of amides is 2. The first kappa shape index (κ1) is 11.4. The van der Waals surface area contributed by atoms with Gasteiger partial charge >= 0.3 is 6.03 Å². The molecule has 2 N–H and O–H groups in total. The van der Waals surface area contributed by atoms with Gasteiger partial charge in [-0.05, 0) is 24.3 Å². The summed E-state index contributed by atoms with van der Waals surface area (Å²) in [5, 5.41) is 13.4. The molecule has 1 aromatic carbocycles. The number of benzene rings is 1. The molecule has 6 heteroatoms. The number of hydrogen-bond donors (Lipinski definition) is 2. The maximum absolute atomic E-state index is 11.2. The number of carbonyl (C=O) groups excluding carboxylic acids is 2. The molecule has 0 heterocycles. The van der Waals surface area contributed by atoms with Crippen LogP contribution in [0.3, 0.4) is 0 Å². The maximum Gasteiger partial charge on any atom is 0.320 e. The van der Waals surface area contributed by atoms with E-state index in [0.717, 1.165) is 0 Å². The third-order valence-electron chi connectivity index (χ3n) is 1.66. The summed E-state index contributed by atoms with van der Waals surface area (Å²) >= 11 is 0. The molecule has 0 fully saturated rings. The largest absolute Gasteiger partial charge is 0.320 e. The zero-order valence-corrected chi connectivity index (χ0v) is 8.23. The van der Waals surface area contributed by atoms with E-state index < -0.39 is 6.03 Å². The Morgan fingerprint density at radius 2 is 2.06 bits per heavy atom. The van der Waals surface area contributed by atoms with E-state index in [4.69, 9.17) is 5.26 Å². The van der Waals surface area contributed by atoms with Gasteiger partial charge < -0.3 is 10.6 Å². The molecule has 0 bridgehead atoms. The van der Waals surface area contributed by atoms with Gasteiger partial charge in [0.1, 0.15) is 6.67 Å². The first-order valence-electron chi connectivity index (χ1n) is 4.35. The minimum absolute atomic E-state index is 0.119. The predicted octanol–water partition coefficient (Wildman–Crippen LogP) is 0.973. The molecule has 0 aliphatic heterocycles. The molecule has 0 aliphatic rings. The van der Waals surface area contributed by atoms with Crippen molar-refractivity contribution in [3.05, 3.63) is 29.8 Å². The van der Waals surface area contributed by atoms with Crippen LogP contribution in [-0.2, 0) is 4.79 Å². The number of carbonyl (C=O) groups is 1. The van der Waals surface area contributed by atoms with Crippen LogP contribution in [0.4, 0.5) is 10.5 Å². The molecule has 16 heavy (non-hydrogen) atoms. The normalized spacial score (nSPS) is 8.44. The van der Waals surface area contributed by atoms with Crippen molar-refractivity contribution >= 4 is 17.8 Å². The van der Waals surface area contributed by atoms with Gasteiger partial charge in [0.25, 0.3) is 0 Å². The van der Waals surface area contributed by atoms with Crippen molar-refractivity contribution in [2.75, 3.05) is 12.0 Å². The van der Waals surface area contributed by atoms with Gasteiger partial charge in [-0.15, -0.1) is 0 Å². The highest BCUT2D eigenvalue weighted by atomic mass is 16.2. The monoisotopic (exact) mass is 216 g/mol. The van der Waals surface area contributed by atoms with E-state index in [1.54, 1.807) is 24.3 Å². The molecule has 80 valence electrons. The Hall–Kier alpha value is -2.64. The number of nitriles is 1. The van der Waals surface area contributed by atoms with Gasteiger partial charge in [0.2, 0.25) is 6.08 Å². The molecule has 0 aliphatic carbocycles. The van der Waals surface area contributed by atoms with Crippen molar-refractivity contribution < 1.29 is 9.59 Å². The zero-order chi connectivity index (χ0) is 11.8. The Balaban J connectivity index is 2.50. The second-order valence-electron chi connectivity index (χ2n) is 2.73. The second kappa shape index (κ2) is 5.96. The summed E-state index contributed by atoms with van der Waals surface area (Å²) in [6, 6.07) is 7.84. The van der Waals surface area contributed by atoms with Crippen molar-refractivity contribution in [1.29, 1.82) is 5.26 Å². The molecular weight excluding hydrogens is 208 g/mol. The van der Waals surface area contributed by atoms with Crippen LogP contribution in [0.2, 0.25) is 0 Å². The number of anilines is 1. The molecule has 0 radical (unpaired) electrons. The summed E-state index contributed by atoms with van der Waals surface area (Å²) in [6.45, 7) is -0.119. The maximum atomic E-state index is 11.2. The Morgan fingerprint density at radius 3 is 2.62 bits per heavy atom. The highest BCUT2D eigenvalue weighted by molar-refractivity contribution is 5.89. The average Bonchev–Trinajstić information content (AvgIpc) is 2.30. The summed E-state index contributed by atoms with van der Waals surface area (Å²) in [5.41, 5.74) is 1.06. The van der Waals surface area contributed by atoms with Crippen molar-refractivity contribution in [3.63, 3.8) is 0 Å². The molecule has 2 amide bonds. The highest BCUT2D eigenvalue weighted by Gasteiger charge is 1.99. The number of nitrogens with one attached hydrogen (secondary N) is 2. The molecule has 6 nitrogen and oxygen atoms in total.